The van der Waals surface area contributed by atoms with Gasteiger partial charge in [-0.2, -0.15) is 11.8 Å². The fourth-order valence-corrected chi connectivity index (χ4v) is 6.56. The number of halogens is 2. The third-order valence-electron chi connectivity index (χ3n) is 5.67. The maximum absolute atomic E-state index is 13.8. The Kier molecular flexibility index (Phi) is 8.99. The Morgan fingerprint density at radius 2 is 1.91 bits per heavy atom. The molecule has 1 heterocycles. The second-order valence-electron chi connectivity index (χ2n) is 7.90. The molecule has 9 heteroatoms. The molecule has 0 radical (unpaired) electrons. The van der Waals surface area contributed by atoms with Gasteiger partial charge in [0.1, 0.15) is 5.82 Å². The molecule has 3 rings (SSSR count). The van der Waals surface area contributed by atoms with Gasteiger partial charge in [0.25, 0.3) is 0 Å². The van der Waals surface area contributed by atoms with Gasteiger partial charge >= 0.3 is 0 Å². The molecule has 1 N–H and O–H groups in total. The highest BCUT2D eigenvalue weighted by Crippen LogP contribution is 2.24. The minimum absolute atomic E-state index is 0.0141. The number of rotatable bonds is 9. The quantitative estimate of drug-likeness (QED) is 0.521. The average Bonchev–Trinajstić information content (AvgIpc) is 2.77. The van der Waals surface area contributed by atoms with Gasteiger partial charge in [-0.05, 0) is 43.0 Å². The van der Waals surface area contributed by atoms with Crippen LogP contribution in [0.1, 0.15) is 29.5 Å². The molecule has 5 nitrogen and oxygen atoms in total. The van der Waals surface area contributed by atoms with Crippen LogP contribution in [0.4, 0.5) is 4.39 Å². The molecular weight excluding hydrogens is 471 g/mol. The average molecular weight is 499 g/mol. The van der Waals surface area contributed by atoms with E-state index in [9.17, 15) is 17.6 Å². The van der Waals surface area contributed by atoms with Crippen LogP contribution in [0.25, 0.3) is 0 Å². The normalized spacial score (nSPS) is 15.6. The lowest BCUT2D eigenvalue weighted by molar-refractivity contribution is -0.125. The fourth-order valence-electron chi connectivity index (χ4n) is 3.69. The third kappa shape index (κ3) is 6.70. The van der Waals surface area contributed by atoms with Crippen molar-refractivity contribution >= 4 is 39.3 Å². The second kappa shape index (κ2) is 11.5. The van der Waals surface area contributed by atoms with Crippen LogP contribution in [0.5, 0.6) is 0 Å². The summed E-state index contributed by atoms with van der Waals surface area (Å²) in [7, 11) is -3.41. The van der Waals surface area contributed by atoms with Crippen molar-refractivity contribution in [3.8, 4) is 0 Å². The van der Waals surface area contributed by atoms with Gasteiger partial charge in [-0.25, -0.2) is 17.1 Å². The van der Waals surface area contributed by atoms with E-state index in [1.54, 1.807) is 12.1 Å². The minimum atomic E-state index is -3.41. The van der Waals surface area contributed by atoms with E-state index < -0.39 is 10.0 Å². The summed E-state index contributed by atoms with van der Waals surface area (Å²) in [6.07, 6.45) is 1.02. The molecule has 2 aromatic carbocycles. The lowest BCUT2D eigenvalue weighted by Gasteiger charge is -2.30. The first-order chi connectivity index (χ1) is 15.3. The summed E-state index contributed by atoms with van der Waals surface area (Å²) < 4.78 is 40.8. The van der Waals surface area contributed by atoms with Gasteiger partial charge in [-0.3, -0.25) is 4.79 Å². The van der Waals surface area contributed by atoms with Gasteiger partial charge in [0.2, 0.25) is 15.9 Å². The Morgan fingerprint density at radius 1 is 1.19 bits per heavy atom. The number of carbonyl (C=O) groups excluding carboxylic acids is 1. The van der Waals surface area contributed by atoms with E-state index in [-0.39, 0.29) is 23.4 Å². The van der Waals surface area contributed by atoms with Gasteiger partial charge in [-0.1, -0.05) is 41.9 Å². The molecule has 32 heavy (non-hydrogen) atoms. The highest BCUT2D eigenvalue weighted by molar-refractivity contribution is 7.98. The lowest BCUT2D eigenvalue weighted by atomic mass is 9.97. The monoisotopic (exact) mass is 498 g/mol. The molecule has 0 saturated carbocycles. The van der Waals surface area contributed by atoms with Gasteiger partial charge in [0, 0.05) is 47.6 Å². The fraction of sp³-hybridized carbons (Fsp3) is 0.435. The van der Waals surface area contributed by atoms with Crippen LogP contribution in [0.3, 0.4) is 0 Å². The summed E-state index contributed by atoms with van der Waals surface area (Å²) in [5.74, 6) is 0.507. The summed E-state index contributed by atoms with van der Waals surface area (Å²) in [5.41, 5.74) is 2.24. The Balaban J connectivity index is 1.39. The predicted molar refractivity (Wildman–Crippen MR) is 129 cm³/mol. The van der Waals surface area contributed by atoms with Crippen molar-refractivity contribution in [2.45, 2.75) is 31.3 Å². The summed E-state index contributed by atoms with van der Waals surface area (Å²) in [6.45, 7) is 3.09. The number of aryl methyl sites for hydroxylation is 1. The van der Waals surface area contributed by atoms with Crippen LogP contribution >= 0.6 is 23.4 Å². The van der Waals surface area contributed by atoms with Gasteiger partial charge in [0.05, 0.1) is 5.75 Å². The van der Waals surface area contributed by atoms with Crippen molar-refractivity contribution < 1.29 is 17.6 Å². The van der Waals surface area contributed by atoms with Crippen molar-refractivity contribution in [2.75, 3.05) is 25.4 Å². The van der Waals surface area contributed by atoms with Crippen molar-refractivity contribution in [3.05, 3.63) is 70.0 Å². The minimum Gasteiger partial charge on any atom is -0.355 e. The highest BCUT2D eigenvalue weighted by atomic mass is 35.5. The Hall–Kier alpha value is -1.61. The number of sulfonamides is 1. The van der Waals surface area contributed by atoms with E-state index in [1.165, 1.54) is 22.1 Å². The number of carbonyl (C=O) groups is 1. The molecule has 1 fully saturated rings. The van der Waals surface area contributed by atoms with Crippen LogP contribution in [-0.2, 0) is 26.3 Å². The van der Waals surface area contributed by atoms with Crippen molar-refractivity contribution in [2.24, 2.45) is 5.92 Å². The zero-order chi connectivity index (χ0) is 23.1. The van der Waals surface area contributed by atoms with Crippen LogP contribution in [0.2, 0.25) is 5.02 Å². The summed E-state index contributed by atoms with van der Waals surface area (Å²) in [4.78, 5) is 12.5. The first-order valence-electron chi connectivity index (χ1n) is 10.6. The summed E-state index contributed by atoms with van der Waals surface area (Å²) in [5, 5.41) is 3.32. The Morgan fingerprint density at radius 3 is 2.59 bits per heavy atom. The number of hydrogen-bond acceptors (Lipinski definition) is 4. The largest absolute Gasteiger partial charge is 0.355 e. The maximum atomic E-state index is 13.8. The molecule has 0 aliphatic carbocycles. The molecule has 2 aromatic rings. The molecular formula is C23H28ClFN2O3S2. The van der Waals surface area contributed by atoms with Crippen molar-refractivity contribution in [3.63, 3.8) is 0 Å². The molecule has 0 atom stereocenters. The molecule has 0 unspecified atom stereocenters. The summed E-state index contributed by atoms with van der Waals surface area (Å²) >= 11 is 7.52. The number of piperidine rings is 1. The highest BCUT2D eigenvalue weighted by Gasteiger charge is 2.31. The van der Waals surface area contributed by atoms with Crippen molar-refractivity contribution in [1.82, 2.24) is 9.62 Å². The van der Waals surface area contributed by atoms with Gasteiger partial charge < -0.3 is 5.32 Å². The van der Waals surface area contributed by atoms with E-state index in [1.807, 2.05) is 31.2 Å². The molecule has 1 amide bonds. The standard InChI is InChI=1S/C23H28ClFN2O3S2/c1-17-5-2-3-6-19(17)16-32(29,30)27-12-9-18(10-13-27)23(28)26-11-14-31-15-20-21(24)7-4-8-22(20)25/h2-8,18H,9-16H2,1H3,(H,26,28). The van der Waals surface area contributed by atoms with E-state index in [4.69, 9.17) is 11.6 Å². The topological polar surface area (TPSA) is 66.5 Å². The Labute approximate surface area is 198 Å². The van der Waals surface area contributed by atoms with Crippen LogP contribution in [0, 0.1) is 18.7 Å². The molecule has 0 bridgehead atoms. The van der Waals surface area contributed by atoms with E-state index in [0.29, 0.717) is 54.6 Å². The van der Waals surface area contributed by atoms with E-state index in [2.05, 4.69) is 5.32 Å². The molecule has 1 aliphatic heterocycles. The van der Waals surface area contributed by atoms with Crippen LogP contribution < -0.4 is 5.32 Å². The Bertz CT molecular complexity index is 1020. The zero-order valence-electron chi connectivity index (χ0n) is 18.0. The van der Waals surface area contributed by atoms with Gasteiger partial charge in [0.15, 0.2) is 0 Å². The van der Waals surface area contributed by atoms with Crippen LogP contribution in [0.15, 0.2) is 42.5 Å². The number of hydrogen-bond donors (Lipinski definition) is 1. The van der Waals surface area contributed by atoms with E-state index in [0.717, 1.165) is 11.1 Å². The summed E-state index contributed by atoms with van der Waals surface area (Å²) in [6, 6.07) is 12.1. The number of thioether (sulfide) groups is 1. The SMILES string of the molecule is Cc1ccccc1CS(=O)(=O)N1CCC(C(=O)NCCSCc2c(F)cccc2Cl)CC1. The smallest absolute Gasteiger partial charge is 0.223 e. The zero-order valence-corrected chi connectivity index (χ0v) is 20.4. The van der Waals surface area contributed by atoms with Crippen LogP contribution in [-0.4, -0.2) is 44.0 Å². The van der Waals surface area contributed by atoms with E-state index >= 15 is 0 Å². The first kappa shape index (κ1) is 25.0. The lowest BCUT2D eigenvalue weighted by Crippen LogP contribution is -2.43. The third-order valence-corrected chi connectivity index (χ3v) is 8.84. The first-order valence-corrected chi connectivity index (χ1v) is 13.7. The molecule has 0 spiro atoms. The molecule has 0 aromatic heterocycles. The second-order valence-corrected chi connectivity index (χ2v) is 11.4. The van der Waals surface area contributed by atoms with Crippen molar-refractivity contribution in [1.29, 1.82) is 0 Å². The number of amides is 1. The molecule has 1 aliphatic rings. The maximum Gasteiger partial charge on any atom is 0.223 e. The molecule has 1 saturated heterocycles. The molecule has 174 valence electrons. The number of benzene rings is 2. The number of nitrogens with zero attached hydrogens (tertiary/aromatic N) is 1. The van der Waals surface area contributed by atoms with Gasteiger partial charge in [-0.15, -0.1) is 0 Å². The predicted octanol–water partition coefficient (Wildman–Crippen LogP) is 4.38. The number of nitrogens with one attached hydrogen (secondary N) is 1.